The van der Waals surface area contributed by atoms with Gasteiger partial charge in [0.2, 0.25) is 0 Å². The van der Waals surface area contributed by atoms with Crippen LogP contribution in [0, 0.1) is 5.41 Å². The average molecular weight is 201 g/mol. The van der Waals surface area contributed by atoms with E-state index in [1.807, 2.05) is 0 Å². The minimum atomic E-state index is -1.28. The molecule has 0 spiro atoms. The van der Waals surface area contributed by atoms with E-state index in [9.17, 15) is 9.90 Å². The van der Waals surface area contributed by atoms with E-state index in [0.29, 0.717) is 6.54 Å². The van der Waals surface area contributed by atoms with Crippen molar-refractivity contribution >= 4 is 5.91 Å². The summed E-state index contributed by atoms with van der Waals surface area (Å²) >= 11 is 0. The van der Waals surface area contributed by atoms with Crippen LogP contribution in [-0.4, -0.2) is 23.2 Å². The molecule has 84 valence electrons. The zero-order chi connectivity index (χ0) is 11.4. The number of carbonyl (C=O) groups excluding carboxylic acids is 1. The Hall–Kier alpha value is -0.570. The summed E-state index contributed by atoms with van der Waals surface area (Å²) in [7, 11) is 0. The summed E-state index contributed by atoms with van der Waals surface area (Å²) in [5, 5.41) is 12.2. The van der Waals surface area contributed by atoms with Gasteiger partial charge in [0.25, 0.3) is 5.91 Å². The Balaban J connectivity index is 4.00. The largest absolute Gasteiger partial charge is 0.381 e. The fraction of sp³-hybridized carbons (Fsp3) is 0.909. The van der Waals surface area contributed by atoms with E-state index in [2.05, 4.69) is 26.1 Å². The van der Waals surface area contributed by atoms with Crippen LogP contribution in [0.25, 0.3) is 0 Å². The molecule has 0 aliphatic rings. The molecule has 0 aliphatic heterocycles. The van der Waals surface area contributed by atoms with E-state index in [1.165, 1.54) is 13.8 Å². The van der Waals surface area contributed by atoms with Crippen LogP contribution in [-0.2, 0) is 4.79 Å². The van der Waals surface area contributed by atoms with Crippen molar-refractivity contribution in [2.45, 2.75) is 53.1 Å². The van der Waals surface area contributed by atoms with Crippen LogP contribution in [0.1, 0.15) is 47.5 Å². The van der Waals surface area contributed by atoms with Crippen molar-refractivity contribution in [3.05, 3.63) is 0 Å². The fourth-order valence-electron chi connectivity index (χ4n) is 1.30. The molecule has 3 nitrogen and oxygen atoms in total. The van der Waals surface area contributed by atoms with Crippen LogP contribution in [0.5, 0.6) is 0 Å². The minimum Gasteiger partial charge on any atom is -0.381 e. The smallest absolute Gasteiger partial charge is 0.251 e. The molecule has 0 aromatic heterocycles. The van der Waals surface area contributed by atoms with Gasteiger partial charge >= 0.3 is 0 Å². The summed E-state index contributed by atoms with van der Waals surface area (Å²) in [4.78, 5) is 11.4. The van der Waals surface area contributed by atoms with Crippen LogP contribution < -0.4 is 5.32 Å². The van der Waals surface area contributed by atoms with Crippen molar-refractivity contribution in [1.82, 2.24) is 5.32 Å². The van der Waals surface area contributed by atoms with E-state index >= 15 is 0 Å². The molecule has 3 heteroatoms. The van der Waals surface area contributed by atoms with Gasteiger partial charge in [-0.25, -0.2) is 0 Å². The van der Waals surface area contributed by atoms with E-state index < -0.39 is 5.60 Å². The van der Waals surface area contributed by atoms with Crippen LogP contribution in [0.4, 0.5) is 0 Å². The number of hydrogen-bond acceptors (Lipinski definition) is 2. The van der Waals surface area contributed by atoms with Crippen molar-refractivity contribution in [3.8, 4) is 0 Å². The number of amides is 1. The lowest BCUT2D eigenvalue weighted by molar-refractivity contribution is -0.136. The first kappa shape index (κ1) is 13.4. The molecule has 0 fully saturated rings. The molecule has 0 aromatic rings. The first-order valence-electron chi connectivity index (χ1n) is 5.20. The van der Waals surface area contributed by atoms with Crippen molar-refractivity contribution < 1.29 is 9.90 Å². The highest BCUT2D eigenvalue weighted by Gasteiger charge is 2.25. The molecule has 0 unspecified atom stereocenters. The molecule has 0 rings (SSSR count). The molecule has 0 bridgehead atoms. The summed E-state index contributed by atoms with van der Waals surface area (Å²) < 4.78 is 0. The second-order valence-corrected chi connectivity index (χ2v) is 5.16. The second kappa shape index (κ2) is 4.78. The Labute approximate surface area is 86.9 Å². The normalized spacial score (nSPS) is 12.7. The molecule has 0 atom stereocenters. The third-order valence-electron chi connectivity index (χ3n) is 2.21. The van der Waals surface area contributed by atoms with E-state index in [-0.39, 0.29) is 11.3 Å². The summed E-state index contributed by atoms with van der Waals surface area (Å²) in [6.07, 6.45) is 2.17. The van der Waals surface area contributed by atoms with Crippen LogP contribution >= 0.6 is 0 Å². The van der Waals surface area contributed by atoms with Gasteiger partial charge < -0.3 is 10.4 Å². The summed E-state index contributed by atoms with van der Waals surface area (Å²) in [6, 6.07) is 0. The van der Waals surface area contributed by atoms with E-state index in [4.69, 9.17) is 0 Å². The van der Waals surface area contributed by atoms with Gasteiger partial charge in [-0.1, -0.05) is 27.2 Å². The zero-order valence-electron chi connectivity index (χ0n) is 9.98. The molecule has 0 heterocycles. The molecule has 0 saturated carbocycles. The highest BCUT2D eigenvalue weighted by atomic mass is 16.3. The monoisotopic (exact) mass is 201 g/mol. The number of carbonyl (C=O) groups is 1. The molecule has 1 amide bonds. The molecule has 2 N–H and O–H groups in total. The molecule has 0 aromatic carbocycles. The Morgan fingerprint density at radius 2 is 1.79 bits per heavy atom. The van der Waals surface area contributed by atoms with Crippen molar-refractivity contribution in [1.29, 1.82) is 0 Å². The maximum absolute atomic E-state index is 11.4. The van der Waals surface area contributed by atoms with Gasteiger partial charge in [0, 0.05) is 6.54 Å². The standard InChI is InChI=1S/C11H23NO2/c1-6-7-10(2,3)8-12-9(13)11(4,5)14/h14H,6-8H2,1-5H3,(H,12,13). The van der Waals surface area contributed by atoms with E-state index in [1.54, 1.807) is 0 Å². The van der Waals surface area contributed by atoms with Gasteiger partial charge in [0.1, 0.15) is 5.60 Å². The lowest BCUT2D eigenvalue weighted by Gasteiger charge is -2.26. The van der Waals surface area contributed by atoms with Crippen LogP contribution in [0.2, 0.25) is 0 Å². The second-order valence-electron chi connectivity index (χ2n) is 5.16. The van der Waals surface area contributed by atoms with Crippen molar-refractivity contribution in [3.63, 3.8) is 0 Å². The Bertz CT molecular complexity index is 192. The van der Waals surface area contributed by atoms with Gasteiger partial charge in [-0.15, -0.1) is 0 Å². The van der Waals surface area contributed by atoms with Gasteiger partial charge in [0.05, 0.1) is 0 Å². The molecule has 0 aliphatic carbocycles. The molecule has 0 radical (unpaired) electrons. The number of aliphatic hydroxyl groups is 1. The summed E-state index contributed by atoms with van der Waals surface area (Å²) in [5.41, 5.74) is -1.17. The van der Waals surface area contributed by atoms with Crippen molar-refractivity contribution in [2.75, 3.05) is 6.54 Å². The molecular weight excluding hydrogens is 178 g/mol. The highest BCUT2D eigenvalue weighted by molar-refractivity contribution is 5.83. The first-order chi connectivity index (χ1) is 6.19. The van der Waals surface area contributed by atoms with Gasteiger partial charge in [-0.2, -0.15) is 0 Å². The predicted octanol–water partition coefficient (Wildman–Crippen LogP) is 1.70. The van der Waals surface area contributed by atoms with E-state index in [0.717, 1.165) is 12.8 Å². The zero-order valence-corrected chi connectivity index (χ0v) is 9.98. The number of nitrogens with one attached hydrogen (secondary N) is 1. The molecule has 0 saturated heterocycles. The predicted molar refractivity (Wildman–Crippen MR) is 58.0 cm³/mol. The van der Waals surface area contributed by atoms with Gasteiger partial charge in [0.15, 0.2) is 0 Å². The Morgan fingerprint density at radius 1 is 1.29 bits per heavy atom. The minimum absolute atomic E-state index is 0.107. The number of hydrogen-bond donors (Lipinski definition) is 2. The topological polar surface area (TPSA) is 49.3 Å². The lowest BCUT2D eigenvalue weighted by atomic mass is 9.88. The van der Waals surface area contributed by atoms with Gasteiger partial charge in [-0.05, 0) is 25.7 Å². The van der Waals surface area contributed by atoms with Crippen LogP contribution in [0.3, 0.4) is 0 Å². The number of rotatable bonds is 5. The molecule has 14 heavy (non-hydrogen) atoms. The third kappa shape index (κ3) is 5.22. The summed E-state index contributed by atoms with van der Waals surface area (Å²) in [6.45, 7) is 9.95. The highest BCUT2D eigenvalue weighted by Crippen LogP contribution is 2.20. The van der Waals surface area contributed by atoms with Crippen molar-refractivity contribution in [2.24, 2.45) is 5.41 Å². The van der Waals surface area contributed by atoms with Crippen LogP contribution in [0.15, 0.2) is 0 Å². The SMILES string of the molecule is CCCC(C)(C)CNC(=O)C(C)(C)O. The average Bonchev–Trinajstić information content (AvgIpc) is 1.98. The molecular formula is C11H23NO2. The Morgan fingerprint density at radius 3 is 2.14 bits per heavy atom. The maximum Gasteiger partial charge on any atom is 0.251 e. The quantitative estimate of drug-likeness (QED) is 0.711. The Kier molecular flexibility index (Phi) is 4.59. The third-order valence-corrected chi connectivity index (χ3v) is 2.21. The summed E-state index contributed by atoms with van der Waals surface area (Å²) in [5.74, 6) is -0.304. The van der Waals surface area contributed by atoms with Gasteiger partial charge in [-0.3, -0.25) is 4.79 Å². The lowest BCUT2D eigenvalue weighted by Crippen LogP contribution is -2.45. The maximum atomic E-state index is 11.4. The fourth-order valence-corrected chi connectivity index (χ4v) is 1.30. The first-order valence-corrected chi connectivity index (χ1v) is 5.20.